The van der Waals surface area contributed by atoms with Crippen molar-refractivity contribution in [3.63, 3.8) is 0 Å². The van der Waals surface area contributed by atoms with Gasteiger partial charge in [-0.15, -0.1) is 0 Å². The molecule has 0 saturated heterocycles. The van der Waals surface area contributed by atoms with Gasteiger partial charge in [-0.1, -0.05) is 71.6 Å². The third-order valence-corrected chi connectivity index (χ3v) is 3.26. The highest BCUT2D eigenvalue weighted by Crippen LogP contribution is 2.09. The Bertz CT molecular complexity index is 189. The second-order valence-corrected chi connectivity index (χ2v) is 5.54. The normalized spacial score (nSPS) is 10.0. The van der Waals surface area contributed by atoms with Crippen LogP contribution in [0.2, 0.25) is 0 Å². The Morgan fingerprint density at radius 1 is 0.857 bits per heavy atom. The second-order valence-electron chi connectivity index (χ2n) is 5.54. The molecule has 21 heavy (non-hydrogen) atoms. The molecule has 0 atom stereocenters. The van der Waals surface area contributed by atoms with Crippen molar-refractivity contribution < 1.29 is 9.90 Å². The summed E-state index contributed by atoms with van der Waals surface area (Å²) in [5, 5.41) is 10.8. The number of rotatable bonds is 14. The lowest BCUT2D eigenvalue weighted by Gasteiger charge is -2.00. The van der Waals surface area contributed by atoms with E-state index in [2.05, 4.69) is 12.2 Å². The maximum absolute atomic E-state index is 9.81. The summed E-state index contributed by atoms with van der Waals surface area (Å²) >= 11 is 0. The van der Waals surface area contributed by atoms with Crippen molar-refractivity contribution in [1.29, 1.82) is 0 Å². The van der Waals surface area contributed by atoms with Crippen LogP contribution >= 0.6 is 0 Å². The van der Waals surface area contributed by atoms with Gasteiger partial charge in [0.25, 0.3) is 0 Å². The van der Waals surface area contributed by atoms with Crippen LogP contribution in [0.3, 0.4) is 0 Å². The molecule has 0 amide bonds. The van der Waals surface area contributed by atoms with E-state index < -0.39 is 5.97 Å². The molecule has 0 bridgehead atoms. The first kappa shape index (κ1) is 22.7. The largest absolute Gasteiger partial charge is 0.480 e. The summed E-state index contributed by atoms with van der Waals surface area (Å²) in [6, 6.07) is 0. The van der Waals surface area contributed by atoms with Gasteiger partial charge in [-0.2, -0.15) is 0 Å². The fourth-order valence-corrected chi connectivity index (χ4v) is 2.00. The summed E-state index contributed by atoms with van der Waals surface area (Å²) in [7, 11) is 0. The summed E-state index contributed by atoms with van der Waals surface area (Å²) in [4.78, 5) is 9.81. The molecular formula is C17H38N2O2. The van der Waals surface area contributed by atoms with Crippen LogP contribution in [0.15, 0.2) is 0 Å². The van der Waals surface area contributed by atoms with Crippen molar-refractivity contribution in [3.8, 4) is 0 Å². The molecule has 128 valence electrons. The fourth-order valence-electron chi connectivity index (χ4n) is 2.00. The first-order chi connectivity index (χ1) is 10.2. The molecule has 0 aliphatic carbocycles. The molecule has 0 rings (SSSR count). The van der Waals surface area contributed by atoms with Gasteiger partial charge >= 0.3 is 5.97 Å². The Morgan fingerprint density at radius 3 is 1.71 bits per heavy atom. The lowest BCUT2D eigenvalue weighted by Crippen LogP contribution is -2.22. The smallest absolute Gasteiger partial charge is 0.317 e. The molecule has 0 aromatic heterocycles. The van der Waals surface area contributed by atoms with E-state index in [9.17, 15) is 4.79 Å². The molecule has 0 heterocycles. The molecule has 0 radical (unpaired) electrons. The lowest BCUT2D eigenvalue weighted by molar-refractivity contribution is -0.135. The van der Waals surface area contributed by atoms with E-state index in [-0.39, 0.29) is 6.54 Å². The van der Waals surface area contributed by atoms with Crippen LogP contribution in [0.5, 0.6) is 0 Å². The SMILES string of the molecule is CCCCCCCCCCCCN.CCCNCC(=O)O. The van der Waals surface area contributed by atoms with E-state index in [1.165, 1.54) is 64.2 Å². The number of hydrogen-bond acceptors (Lipinski definition) is 3. The summed E-state index contributed by atoms with van der Waals surface area (Å²) in [5.74, 6) is -0.793. The van der Waals surface area contributed by atoms with Crippen LogP contribution < -0.4 is 11.1 Å². The van der Waals surface area contributed by atoms with E-state index >= 15 is 0 Å². The zero-order valence-corrected chi connectivity index (χ0v) is 14.3. The zero-order valence-electron chi connectivity index (χ0n) is 14.3. The van der Waals surface area contributed by atoms with Gasteiger partial charge in [0.2, 0.25) is 0 Å². The Hall–Kier alpha value is -0.610. The van der Waals surface area contributed by atoms with Gasteiger partial charge in [0.1, 0.15) is 0 Å². The molecule has 0 spiro atoms. The number of carboxylic acid groups (broad SMARTS) is 1. The maximum atomic E-state index is 9.81. The molecule has 4 heteroatoms. The molecule has 4 N–H and O–H groups in total. The standard InChI is InChI=1S/C12H27N.C5H11NO2/c1-2-3-4-5-6-7-8-9-10-11-12-13;1-2-3-6-4-5(7)8/h2-13H2,1H3;6H,2-4H2,1H3,(H,7,8). The molecule has 0 fully saturated rings. The average molecular weight is 303 g/mol. The van der Waals surface area contributed by atoms with E-state index in [1.54, 1.807) is 0 Å². The minimum Gasteiger partial charge on any atom is -0.480 e. The van der Waals surface area contributed by atoms with Crippen LogP contribution in [0.25, 0.3) is 0 Å². The molecule has 4 nitrogen and oxygen atoms in total. The summed E-state index contributed by atoms with van der Waals surface area (Å²) in [5.41, 5.74) is 5.42. The molecule has 0 aromatic rings. The van der Waals surface area contributed by atoms with Gasteiger partial charge in [-0.3, -0.25) is 4.79 Å². The average Bonchev–Trinajstić information content (AvgIpc) is 2.46. The summed E-state index contributed by atoms with van der Waals surface area (Å²) < 4.78 is 0. The summed E-state index contributed by atoms with van der Waals surface area (Å²) in [6.45, 7) is 6.00. The van der Waals surface area contributed by atoms with E-state index in [0.29, 0.717) is 0 Å². The third kappa shape index (κ3) is 28.3. The van der Waals surface area contributed by atoms with Crippen LogP contribution in [-0.4, -0.2) is 30.7 Å². The Balaban J connectivity index is 0. The quantitative estimate of drug-likeness (QED) is 0.425. The van der Waals surface area contributed by atoms with Gasteiger partial charge in [0.15, 0.2) is 0 Å². The topological polar surface area (TPSA) is 75.3 Å². The highest BCUT2D eigenvalue weighted by molar-refractivity contribution is 5.68. The predicted octanol–water partition coefficient (Wildman–Crippen LogP) is 3.94. The highest BCUT2D eigenvalue weighted by Gasteiger charge is 1.91. The highest BCUT2D eigenvalue weighted by atomic mass is 16.4. The van der Waals surface area contributed by atoms with E-state index in [0.717, 1.165) is 19.5 Å². The lowest BCUT2D eigenvalue weighted by atomic mass is 10.1. The Kier molecular flexibility index (Phi) is 23.4. The van der Waals surface area contributed by atoms with Crippen molar-refractivity contribution in [3.05, 3.63) is 0 Å². The molecule has 0 aromatic carbocycles. The van der Waals surface area contributed by atoms with Crippen LogP contribution in [-0.2, 0) is 4.79 Å². The number of nitrogens with two attached hydrogens (primary N) is 1. The predicted molar refractivity (Wildman–Crippen MR) is 91.7 cm³/mol. The van der Waals surface area contributed by atoms with Gasteiger partial charge in [0.05, 0.1) is 6.54 Å². The first-order valence-electron chi connectivity index (χ1n) is 8.81. The minimum atomic E-state index is -0.793. The summed E-state index contributed by atoms with van der Waals surface area (Å²) in [6.07, 6.45) is 14.9. The van der Waals surface area contributed by atoms with Gasteiger partial charge < -0.3 is 16.2 Å². The second kappa shape index (κ2) is 21.7. The third-order valence-electron chi connectivity index (χ3n) is 3.26. The van der Waals surface area contributed by atoms with Gasteiger partial charge in [0, 0.05) is 0 Å². The van der Waals surface area contributed by atoms with Crippen molar-refractivity contribution in [2.45, 2.75) is 84.5 Å². The number of hydrogen-bond donors (Lipinski definition) is 3. The van der Waals surface area contributed by atoms with E-state index in [4.69, 9.17) is 10.8 Å². The van der Waals surface area contributed by atoms with Crippen molar-refractivity contribution in [1.82, 2.24) is 5.32 Å². The number of unbranched alkanes of at least 4 members (excludes halogenated alkanes) is 9. The fraction of sp³-hybridized carbons (Fsp3) is 0.941. The zero-order chi connectivity index (χ0) is 16.2. The number of aliphatic carboxylic acids is 1. The van der Waals surface area contributed by atoms with E-state index in [1.807, 2.05) is 6.92 Å². The number of nitrogens with one attached hydrogen (secondary N) is 1. The first-order valence-corrected chi connectivity index (χ1v) is 8.81. The Morgan fingerprint density at radius 2 is 1.33 bits per heavy atom. The molecule has 0 saturated carbocycles. The van der Waals surface area contributed by atoms with Crippen molar-refractivity contribution in [2.75, 3.05) is 19.6 Å². The monoisotopic (exact) mass is 302 g/mol. The molecule has 0 aliphatic heterocycles. The van der Waals surface area contributed by atoms with Crippen LogP contribution in [0, 0.1) is 0 Å². The Labute approximate surface area is 131 Å². The maximum Gasteiger partial charge on any atom is 0.317 e. The molecule has 0 unspecified atom stereocenters. The van der Waals surface area contributed by atoms with Gasteiger partial charge in [-0.05, 0) is 25.9 Å². The number of carboxylic acids is 1. The van der Waals surface area contributed by atoms with Crippen molar-refractivity contribution in [2.24, 2.45) is 5.73 Å². The molecular weight excluding hydrogens is 264 g/mol. The minimum absolute atomic E-state index is 0.0772. The van der Waals surface area contributed by atoms with Crippen LogP contribution in [0.4, 0.5) is 0 Å². The van der Waals surface area contributed by atoms with Crippen LogP contribution in [0.1, 0.15) is 84.5 Å². The molecule has 0 aliphatic rings. The van der Waals surface area contributed by atoms with Gasteiger partial charge in [-0.25, -0.2) is 0 Å². The number of carbonyl (C=O) groups is 1. The van der Waals surface area contributed by atoms with Crippen molar-refractivity contribution >= 4 is 5.97 Å².